The molecule has 1 aromatic carbocycles. The normalized spacial score (nSPS) is 16.8. The number of nitrogens with one attached hydrogen (secondary N) is 1. The smallest absolute Gasteiger partial charge is 0.324 e. The summed E-state index contributed by atoms with van der Waals surface area (Å²) in [5, 5.41) is 3.10. The Morgan fingerprint density at radius 2 is 2.09 bits per heavy atom. The number of pyridine rings is 1. The Balaban J connectivity index is 1.46. The molecule has 1 aliphatic carbocycles. The summed E-state index contributed by atoms with van der Waals surface area (Å²) in [4.78, 5) is 20.4. The number of benzene rings is 1. The molecule has 0 spiro atoms. The summed E-state index contributed by atoms with van der Waals surface area (Å²) < 4.78 is 22.3. The largest absolute Gasteiger partial charge is 0.423 e. The van der Waals surface area contributed by atoms with Crippen LogP contribution in [0.1, 0.15) is 17.7 Å². The molecule has 1 atom stereocenters. The van der Waals surface area contributed by atoms with Crippen molar-refractivity contribution in [1.29, 1.82) is 0 Å². The van der Waals surface area contributed by atoms with E-state index in [1.54, 1.807) is 25.6 Å². The fraction of sp³-hybridized carbons (Fsp3) is 0.304. The number of anilines is 2. The minimum absolute atomic E-state index is 0.0667. The van der Waals surface area contributed by atoms with Gasteiger partial charge in [0.1, 0.15) is 17.2 Å². The van der Waals surface area contributed by atoms with Crippen molar-refractivity contribution in [3.63, 3.8) is 0 Å². The first kappa shape index (κ1) is 19.9. The van der Waals surface area contributed by atoms with Crippen molar-refractivity contribution < 1.29 is 9.13 Å². The van der Waals surface area contributed by atoms with Crippen LogP contribution in [0.3, 0.4) is 0 Å². The van der Waals surface area contributed by atoms with Crippen LogP contribution in [-0.4, -0.2) is 50.7 Å². The number of aromatic nitrogens is 5. The van der Waals surface area contributed by atoms with Gasteiger partial charge in [-0.15, -0.1) is 0 Å². The lowest BCUT2D eigenvalue weighted by Gasteiger charge is -2.21. The zero-order valence-electron chi connectivity index (χ0n) is 18.3. The van der Waals surface area contributed by atoms with E-state index in [-0.39, 0.29) is 17.9 Å². The summed E-state index contributed by atoms with van der Waals surface area (Å²) in [6.07, 6.45) is 4.77. The van der Waals surface area contributed by atoms with E-state index >= 15 is 0 Å². The van der Waals surface area contributed by atoms with Gasteiger partial charge in [-0.2, -0.15) is 9.97 Å². The molecule has 0 radical (unpaired) electrons. The first-order chi connectivity index (χ1) is 16.0. The SMILES string of the molecule is CNc1cc(F)cc2c1Cc1nc(Oc3cnc4c(c3)ncn4C)nc(N3CC[C@H](N)C3)c1-2. The molecule has 1 fully saturated rings. The van der Waals surface area contributed by atoms with Crippen LogP contribution in [0.2, 0.25) is 0 Å². The molecule has 0 amide bonds. The minimum Gasteiger partial charge on any atom is -0.423 e. The molecule has 3 aromatic heterocycles. The van der Waals surface area contributed by atoms with E-state index in [1.165, 1.54) is 6.07 Å². The Morgan fingerprint density at radius 1 is 1.21 bits per heavy atom. The van der Waals surface area contributed by atoms with Crippen molar-refractivity contribution in [3.05, 3.63) is 47.8 Å². The standard InChI is InChI=1S/C23H23FN8O/c1-26-17-6-12(24)5-16-15(17)8-18-20(16)22(32-4-3-13(25)10-32)30-23(29-18)33-14-7-19-21(27-9-14)31(2)11-28-19/h5-7,9,11,13,26H,3-4,8,10,25H2,1-2H3/t13-/m0/s1. The van der Waals surface area contributed by atoms with Crippen LogP contribution < -0.4 is 20.7 Å². The lowest BCUT2D eigenvalue weighted by Crippen LogP contribution is -2.27. The molecule has 1 saturated heterocycles. The summed E-state index contributed by atoms with van der Waals surface area (Å²) in [6.45, 7) is 1.45. The molecule has 9 nitrogen and oxygen atoms in total. The van der Waals surface area contributed by atoms with Crippen molar-refractivity contribution >= 4 is 22.7 Å². The maximum absolute atomic E-state index is 14.4. The van der Waals surface area contributed by atoms with Gasteiger partial charge in [-0.05, 0) is 29.7 Å². The average Bonchev–Trinajstić information content (AvgIpc) is 3.49. The van der Waals surface area contributed by atoms with Crippen LogP contribution in [0.15, 0.2) is 30.7 Å². The lowest BCUT2D eigenvalue weighted by atomic mass is 10.0. The maximum atomic E-state index is 14.4. The number of aryl methyl sites for hydroxylation is 1. The number of hydrogen-bond donors (Lipinski definition) is 2. The molecule has 0 unspecified atom stereocenters. The zero-order chi connectivity index (χ0) is 22.7. The second-order valence-corrected chi connectivity index (χ2v) is 8.52. The molecule has 3 N–H and O–H groups in total. The number of imidazole rings is 1. The van der Waals surface area contributed by atoms with Crippen molar-refractivity contribution in [2.75, 3.05) is 30.4 Å². The molecule has 1 aliphatic heterocycles. The number of fused-ring (bicyclic) bond motifs is 4. The lowest BCUT2D eigenvalue weighted by molar-refractivity contribution is 0.439. The fourth-order valence-corrected chi connectivity index (χ4v) is 4.73. The van der Waals surface area contributed by atoms with Crippen LogP contribution >= 0.6 is 0 Å². The van der Waals surface area contributed by atoms with E-state index in [2.05, 4.69) is 20.2 Å². The molecule has 4 aromatic rings. The van der Waals surface area contributed by atoms with Crippen LogP contribution in [0, 0.1) is 5.82 Å². The molecule has 10 heteroatoms. The van der Waals surface area contributed by atoms with E-state index < -0.39 is 0 Å². The second kappa shape index (κ2) is 7.38. The van der Waals surface area contributed by atoms with Crippen molar-refractivity contribution in [1.82, 2.24) is 24.5 Å². The average molecular weight is 446 g/mol. The van der Waals surface area contributed by atoms with Gasteiger partial charge in [0, 0.05) is 57.0 Å². The third kappa shape index (κ3) is 3.25. The monoisotopic (exact) mass is 446 g/mol. The van der Waals surface area contributed by atoms with Crippen LogP contribution in [-0.2, 0) is 13.5 Å². The van der Waals surface area contributed by atoms with E-state index in [4.69, 9.17) is 20.4 Å². The first-order valence-corrected chi connectivity index (χ1v) is 10.9. The molecule has 0 saturated carbocycles. The quantitative estimate of drug-likeness (QED) is 0.434. The molecular formula is C23H23FN8O. The van der Waals surface area contributed by atoms with Crippen molar-refractivity contribution in [3.8, 4) is 22.9 Å². The number of ether oxygens (including phenoxy) is 1. The Labute approximate surface area is 189 Å². The summed E-state index contributed by atoms with van der Waals surface area (Å²) in [6, 6.07) is 5.17. The highest BCUT2D eigenvalue weighted by Gasteiger charge is 2.32. The van der Waals surface area contributed by atoms with E-state index in [0.29, 0.717) is 18.7 Å². The molecule has 2 aliphatic rings. The molecule has 4 heterocycles. The van der Waals surface area contributed by atoms with Gasteiger partial charge in [0.25, 0.3) is 0 Å². The maximum Gasteiger partial charge on any atom is 0.324 e. The predicted octanol–water partition coefficient (Wildman–Crippen LogP) is 2.84. The van der Waals surface area contributed by atoms with Gasteiger partial charge >= 0.3 is 6.01 Å². The Bertz CT molecular complexity index is 1400. The van der Waals surface area contributed by atoms with Crippen LogP contribution in [0.4, 0.5) is 15.9 Å². The number of halogens is 1. The van der Waals surface area contributed by atoms with Gasteiger partial charge in [0.15, 0.2) is 11.4 Å². The number of nitrogens with two attached hydrogens (primary N) is 1. The Kier molecular flexibility index (Phi) is 4.44. The van der Waals surface area contributed by atoms with Gasteiger partial charge in [0.2, 0.25) is 0 Å². The third-order valence-electron chi connectivity index (χ3n) is 6.30. The van der Waals surface area contributed by atoms with Gasteiger partial charge in [-0.3, -0.25) is 0 Å². The summed E-state index contributed by atoms with van der Waals surface area (Å²) in [5.41, 5.74) is 11.9. The fourth-order valence-electron chi connectivity index (χ4n) is 4.73. The van der Waals surface area contributed by atoms with Crippen molar-refractivity contribution in [2.45, 2.75) is 18.9 Å². The Morgan fingerprint density at radius 3 is 2.88 bits per heavy atom. The van der Waals surface area contributed by atoms with Gasteiger partial charge in [-0.25, -0.2) is 14.4 Å². The molecule has 0 bridgehead atoms. The molecule has 33 heavy (non-hydrogen) atoms. The van der Waals surface area contributed by atoms with Gasteiger partial charge in [0.05, 0.1) is 18.2 Å². The highest BCUT2D eigenvalue weighted by molar-refractivity contribution is 5.88. The Hall–Kier alpha value is -3.79. The van der Waals surface area contributed by atoms with Crippen LogP contribution in [0.25, 0.3) is 22.3 Å². The highest BCUT2D eigenvalue weighted by atomic mass is 19.1. The summed E-state index contributed by atoms with van der Waals surface area (Å²) in [5.74, 6) is 0.925. The molecule has 6 rings (SSSR count). The summed E-state index contributed by atoms with van der Waals surface area (Å²) in [7, 11) is 3.68. The topological polar surface area (TPSA) is 107 Å². The van der Waals surface area contributed by atoms with E-state index in [1.807, 2.05) is 17.7 Å². The third-order valence-corrected chi connectivity index (χ3v) is 6.30. The number of hydrogen-bond acceptors (Lipinski definition) is 8. The van der Waals surface area contributed by atoms with E-state index in [9.17, 15) is 4.39 Å². The van der Waals surface area contributed by atoms with Gasteiger partial charge < -0.3 is 25.3 Å². The zero-order valence-corrected chi connectivity index (χ0v) is 18.3. The second-order valence-electron chi connectivity index (χ2n) is 8.52. The van der Waals surface area contributed by atoms with E-state index in [0.717, 1.165) is 58.0 Å². The minimum atomic E-state index is -0.301. The highest BCUT2D eigenvalue weighted by Crippen LogP contribution is 2.45. The van der Waals surface area contributed by atoms with Crippen LogP contribution in [0.5, 0.6) is 11.8 Å². The number of rotatable bonds is 4. The number of nitrogens with zero attached hydrogens (tertiary/aromatic N) is 6. The van der Waals surface area contributed by atoms with Crippen molar-refractivity contribution in [2.24, 2.45) is 12.8 Å². The first-order valence-electron chi connectivity index (χ1n) is 10.9. The summed E-state index contributed by atoms with van der Waals surface area (Å²) >= 11 is 0. The molecule has 168 valence electrons. The van der Waals surface area contributed by atoms with Gasteiger partial charge in [-0.1, -0.05) is 0 Å². The predicted molar refractivity (Wildman–Crippen MR) is 123 cm³/mol. The molecular weight excluding hydrogens is 423 g/mol.